The van der Waals surface area contributed by atoms with Crippen LogP contribution in [0.2, 0.25) is 0 Å². The lowest BCUT2D eigenvalue weighted by Gasteiger charge is -1.81. The van der Waals surface area contributed by atoms with E-state index in [4.69, 9.17) is 0 Å². The number of hydrogen-bond acceptors (Lipinski definition) is 1. The fourth-order valence-corrected chi connectivity index (χ4v) is 2.10. The SMILES string of the molecule is c1ccc2c(c1)n[n+]1c3ccccc3[nH]n21. The van der Waals surface area contributed by atoms with Crippen LogP contribution in [0.5, 0.6) is 0 Å². The molecule has 4 nitrogen and oxygen atoms in total. The number of aromatic nitrogens is 4. The Morgan fingerprint density at radius 3 is 2.81 bits per heavy atom. The van der Waals surface area contributed by atoms with Crippen molar-refractivity contribution in [1.29, 1.82) is 0 Å². The van der Waals surface area contributed by atoms with E-state index in [0.29, 0.717) is 0 Å². The molecule has 0 amide bonds. The van der Waals surface area contributed by atoms with Crippen molar-refractivity contribution in [2.45, 2.75) is 0 Å². The van der Waals surface area contributed by atoms with Crippen molar-refractivity contribution >= 4 is 22.1 Å². The van der Waals surface area contributed by atoms with Gasteiger partial charge in [0.25, 0.3) is 0 Å². The van der Waals surface area contributed by atoms with Crippen LogP contribution in [-0.4, -0.2) is 14.8 Å². The Morgan fingerprint density at radius 1 is 1.00 bits per heavy atom. The van der Waals surface area contributed by atoms with Gasteiger partial charge in [-0.1, -0.05) is 29.4 Å². The summed E-state index contributed by atoms with van der Waals surface area (Å²) in [7, 11) is 0. The molecule has 0 saturated heterocycles. The van der Waals surface area contributed by atoms with E-state index in [1.807, 2.05) is 45.7 Å². The summed E-state index contributed by atoms with van der Waals surface area (Å²) in [6.07, 6.45) is 0. The second-order valence-corrected chi connectivity index (χ2v) is 3.82. The van der Waals surface area contributed by atoms with Gasteiger partial charge in [-0.05, 0) is 33.5 Å². The molecule has 0 bridgehead atoms. The maximum Gasteiger partial charge on any atom is 0.227 e. The topological polar surface area (TPSA) is 37.2 Å². The lowest BCUT2D eigenvalue weighted by Crippen LogP contribution is -2.28. The van der Waals surface area contributed by atoms with Crippen molar-refractivity contribution < 1.29 is 4.63 Å². The third kappa shape index (κ3) is 0.839. The first-order valence-electron chi connectivity index (χ1n) is 5.20. The second kappa shape index (κ2) is 2.61. The zero-order valence-electron chi connectivity index (χ0n) is 8.46. The monoisotopic (exact) mass is 209 g/mol. The number of nitrogens with zero attached hydrogens (tertiary/aromatic N) is 3. The van der Waals surface area contributed by atoms with Crippen LogP contribution in [0.1, 0.15) is 0 Å². The standard InChI is InChI=1S/C12H9N4/c1-3-7-11-9(5-1)13-16-12-8-4-2-6-10(12)14-15(11)16/h1-8,13H/q+1. The smallest absolute Gasteiger partial charge is 0.163 e. The molecule has 4 aromatic rings. The number of rotatable bonds is 0. The number of fused-ring (bicyclic) bond motifs is 5. The van der Waals surface area contributed by atoms with Gasteiger partial charge >= 0.3 is 0 Å². The summed E-state index contributed by atoms with van der Waals surface area (Å²) in [4.78, 5) is 0. The Balaban J connectivity index is 2.35. The first-order valence-corrected chi connectivity index (χ1v) is 5.20. The van der Waals surface area contributed by atoms with Crippen molar-refractivity contribution in [3.05, 3.63) is 48.5 Å². The number of benzene rings is 2. The van der Waals surface area contributed by atoms with Gasteiger partial charge in [-0.15, -0.1) is 0 Å². The summed E-state index contributed by atoms with van der Waals surface area (Å²) in [5.74, 6) is 0. The average molecular weight is 209 g/mol. The minimum absolute atomic E-state index is 0.990. The van der Waals surface area contributed by atoms with Crippen LogP contribution in [0.4, 0.5) is 0 Å². The highest BCUT2D eigenvalue weighted by atomic mass is 15.6. The van der Waals surface area contributed by atoms with E-state index in [0.717, 1.165) is 22.1 Å². The van der Waals surface area contributed by atoms with Crippen molar-refractivity contribution in [1.82, 2.24) is 14.8 Å². The molecule has 0 saturated carbocycles. The third-order valence-electron chi connectivity index (χ3n) is 2.85. The van der Waals surface area contributed by atoms with Gasteiger partial charge in [-0.25, -0.2) is 0 Å². The van der Waals surface area contributed by atoms with Crippen LogP contribution in [0.25, 0.3) is 22.1 Å². The minimum atomic E-state index is 0.990. The molecule has 0 radical (unpaired) electrons. The van der Waals surface area contributed by atoms with E-state index in [1.165, 1.54) is 0 Å². The molecule has 0 atom stereocenters. The highest BCUT2D eigenvalue weighted by molar-refractivity contribution is 5.75. The number of hydrogen-bond donors (Lipinski definition) is 1. The average Bonchev–Trinajstić information content (AvgIpc) is 2.85. The zero-order chi connectivity index (χ0) is 10.5. The van der Waals surface area contributed by atoms with Crippen LogP contribution in [0.3, 0.4) is 0 Å². The molecule has 4 heteroatoms. The molecule has 2 heterocycles. The van der Waals surface area contributed by atoms with E-state index in [1.54, 1.807) is 0 Å². The predicted octanol–water partition coefficient (Wildman–Crippen LogP) is 1.55. The minimum Gasteiger partial charge on any atom is -0.163 e. The Bertz CT molecular complexity index is 740. The van der Waals surface area contributed by atoms with Gasteiger partial charge in [0, 0.05) is 0 Å². The van der Waals surface area contributed by atoms with Crippen LogP contribution in [0.15, 0.2) is 48.5 Å². The molecule has 0 aliphatic rings. The summed E-state index contributed by atoms with van der Waals surface area (Å²) >= 11 is 0. The fraction of sp³-hybridized carbons (Fsp3) is 0. The van der Waals surface area contributed by atoms with Gasteiger partial charge in [0.05, 0.1) is 0 Å². The summed E-state index contributed by atoms with van der Waals surface area (Å²) < 4.78 is 3.85. The molecule has 2 aromatic heterocycles. The molecule has 0 spiro atoms. The molecule has 16 heavy (non-hydrogen) atoms. The highest BCUT2D eigenvalue weighted by Gasteiger charge is 2.15. The maximum absolute atomic E-state index is 4.55. The first kappa shape index (κ1) is 7.87. The van der Waals surface area contributed by atoms with E-state index < -0.39 is 0 Å². The van der Waals surface area contributed by atoms with Crippen molar-refractivity contribution in [3.63, 3.8) is 0 Å². The van der Waals surface area contributed by atoms with Gasteiger partial charge in [0.2, 0.25) is 5.52 Å². The Morgan fingerprint density at radius 2 is 1.81 bits per heavy atom. The summed E-state index contributed by atoms with van der Waals surface area (Å²) in [6, 6.07) is 16.2. The van der Waals surface area contributed by atoms with Crippen molar-refractivity contribution in [2.75, 3.05) is 0 Å². The first-order chi connectivity index (χ1) is 7.93. The lowest BCUT2D eigenvalue weighted by atomic mass is 10.3. The summed E-state index contributed by atoms with van der Waals surface area (Å²) in [6.45, 7) is 0. The molecule has 0 unspecified atom stereocenters. The molecule has 0 fully saturated rings. The van der Waals surface area contributed by atoms with Crippen LogP contribution in [0, 0.1) is 0 Å². The van der Waals surface area contributed by atoms with E-state index in [2.05, 4.69) is 22.3 Å². The van der Waals surface area contributed by atoms with Gasteiger partial charge in [-0.2, -0.15) is 5.10 Å². The maximum atomic E-state index is 4.55. The predicted molar refractivity (Wildman–Crippen MR) is 60.2 cm³/mol. The third-order valence-corrected chi connectivity index (χ3v) is 2.85. The van der Waals surface area contributed by atoms with E-state index in [-0.39, 0.29) is 0 Å². The number of aromatic amines is 1. The summed E-state index contributed by atoms with van der Waals surface area (Å²) in [5, 5.41) is 7.87. The van der Waals surface area contributed by atoms with Crippen LogP contribution < -0.4 is 4.63 Å². The molecular weight excluding hydrogens is 200 g/mol. The molecule has 76 valence electrons. The van der Waals surface area contributed by atoms with Gasteiger partial charge in [-0.3, -0.25) is 0 Å². The molecule has 2 aromatic carbocycles. The number of para-hydroxylation sites is 3. The Kier molecular flexibility index (Phi) is 1.28. The quantitative estimate of drug-likeness (QED) is 0.438. The van der Waals surface area contributed by atoms with Crippen LogP contribution >= 0.6 is 0 Å². The number of nitrogens with one attached hydrogen (secondary N) is 1. The van der Waals surface area contributed by atoms with Gasteiger partial charge in [0.1, 0.15) is 5.52 Å². The molecule has 4 rings (SSSR count). The number of H-pyrrole nitrogens is 1. The van der Waals surface area contributed by atoms with Gasteiger partial charge in [0.15, 0.2) is 11.0 Å². The molecule has 1 N–H and O–H groups in total. The largest absolute Gasteiger partial charge is 0.227 e. The second-order valence-electron chi connectivity index (χ2n) is 3.82. The lowest BCUT2D eigenvalue weighted by molar-refractivity contribution is -0.649. The summed E-state index contributed by atoms with van der Waals surface area (Å²) in [5.41, 5.74) is 4.24. The molecule has 0 aliphatic heterocycles. The van der Waals surface area contributed by atoms with Crippen LogP contribution in [-0.2, 0) is 0 Å². The zero-order valence-corrected chi connectivity index (χ0v) is 8.46. The van der Waals surface area contributed by atoms with E-state index >= 15 is 0 Å². The Labute approximate surface area is 90.7 Å². The normalized spacial score (nSPS) is 11.8. The fourth-order valence-electron chi connectivity index (χ4n) is 2.10. The highest BCUT2D eigenvalue weighted by Crippen LogP contribution is 2.11. The molecular formula is C12H9N4+. The Hall–Kier alpha value is -2.36. The van der Waals surface area contributed by atoms with Crippen molar-refractivity contribution in [3.8, 4) is 0 Å². The van der Waals surface area contributed by atoms with Crippen molar-refractivity contribution in [2.24, 2.45) is 0 Å². The van der Waals surface area contributed by atoms with Gasteiger partial charge < -0.3 is 0 Å². The molecule has 0 aliphatic carbocycles. The van der Waals surface area contributed by atoms with E-state index in [9.17, 15) is 0 Å².